The van der Waals surface area contributed by atoms with E-state index in [2.05, 4.69) is 13.8 Å². The van der Waals surface area contributed by atoms with Crippen molar-refractivity contribution in [3.05, 3.63) is 0 Å². The zero-order valence-electron chi connectivity index (χ0n) is 9.79. The molecule has 1 unspecified atom stereocenters. The van der Waals surface area contributed by atoms with Gasteiger partial charge in [0.2, 0.25) is 0 Å². The predicted molar refractivity (Wildman–Crippen MR) is 58.4 cm³/mol. The fourth-order valence-corrected chi connectivity index (χ4v) is 2.01. The highest BCUT2D eigenvalue weighted by Gasteiger charge is 2.29. The van der Waals surface area contributed by atoms with Crippen LogP contribution in [0.15, 0.2) is 0 Å². The minimum absolute atomic E-state index is 0.271. The van der Waals surface area contributed by atoms with Gasteiger partial charge in [-0.25, -0.2) is 0 Å². The maximum Gasteiger partial charge on any atom is 0.321 e. The maximum absolute atomic E-state index is 11.2. The number of carboxylic acids is 1. The molecule has 0 bridgehead atoms. The van der Waals surface area contributed by atoms with Gasteiger partial charge in [0.15, 0.2) is 0 Å². The molecule has 0 aliphatic carbocycles. The summed E-state index contributed by atoms with van der Waals surface area (Å²) in [6, 6.07) is -0.306. The molecule has 0 radical (unpaired) electrons. The number of carbonyl (C=O) groups is 1. The Morgan fingerprint density at radius 1 is 1.14 bits per heavy atom. The molecule has 14 heavy (non-hydrogen) atoms. The van der Waals surface area contributed by atoms with E-state index < -0.39 is 5.97 Å². The van der Waals surface area contributed by atoms with E-state index in [9.17, 15) is 9.90 Å². The first-order chi connectivity index (χ1) is 6.62. The van der Waals surface area contributed by atoms with Crippen molar-refractivity contribution in [1.29, 1.82) is 0 Å². The van der Waals surface area contributed by atoms with E-state index in [1.54, 1.807) is 0 Å². The quantitative estimate of drug-likeness (QED) is 0.686. The summed E-state index contributed by atoms with van der Waals surface area (Å²) in [6.07, 6.45) is 1.87. The van der Waals surface area contributed by atoms with Crippen LogP contribution >= 0.6 is 0 Å². The fourth-order valence-electron chi connectivity index (χ4n) is 2.01. The molecule has 84 valence electrons. The molecule has 0 fully saturated rings. The largest absolute Gasteiger partial charge is 0.480 e. The smallest absolute Gasteiger partial charge is 0.321 e. The first-order valence-electron chi connectivity index (χ1n) is 5.59. The molecule has 0 aromatic carbocycles. The standard InChI is InChI=1S/C11H23NO2/c1-5-9(6-2)10(11(13)14)12(7-3)8-4/h9-10H,5-8H2,1-4H3,(H,13,14). The van der Waals surface area contributed by atoms with Gasteiger partial charge in [-0.2, -0.15) is 0 Å². The normalized spacial score (nSPS) is 13.6. The summed E-state index contributed by atoms with van der Waals surface area (Å²) in [6.45, 7) is 9.78. The minimum Gasteiger partial charge on any atom is -0.480 e. The third kappa shape index (κ3) is 3.29. The lowest BCUT2D eigenvalue weighted by Gasteiger charge is -2.31. The van der Waals surface area contributed by atoms with Crippen molar-refractivity contribution in [1.82, 2.24) is 4.90 Å². The molecule has 0 saturated heterocycles. The van der Waals surface area contributed by atoms with Crippen molar-refractivity contribution >= 4 is 5.97 Å². The van der Waals surface area contributed by atoms with Crippen molar-refractivity contribution in [3.63, 3.8) is 0 Å². The number of nitrogens with zero attached hydrogens (tertiary/aromatic N) is 1. The number of rotatable bonds is 7. The Hall–Kier alpha value is -0.570. The van der Waals surface area contributed by atoms with Crippen molar-refractivity contribution in [2.45, 2.75) is 46.6 Å². The monoisotopic (exact) mass is 201 g/mol. The average Bonchev–Trinajstić information content (AvgIpc) is 2.18. The number of aliphatic carboxylic acids is 1. The van der Waals surface area contributed by atoms with E-state index >= 15 is 0 Å². The molecule has 0 saturated carbocycles. The van der Waals surface area contributed by atoms with Gasteiger partial charge < -0.3 is 5.11 Å². The van der Waals surface area contributed by atoms with Gasteiger partial charge >= 0.3 is 5.97 Å². The van der Waals surface area contributed by atoms with Crippen LogP contribution in [0.25, 0.3) is 0 Å². The van der Waals surface area contributed by atoms with Gasteiger partial charge in [-0.15, -0.1) is 0 Å². The Morgan fingerprint density at radius 3 is 1.79 bits per heavy atom. The molecular weight excluding hydrogens is 178 g/mol. The van der Waals surface area contributed by atoms with Crippen LogP contribution in [0.5, 0.6) is 0 Å². The summed E-state index contributed by atoms with van der Waals surface area (Å²) in [5.41, 5.74) is 0. The lowest BCUT2D eigenvalue weighted by molar-refractivity contribution is -0.145. The molecule has 0 aliphatic heterocycles. The van der Waals surface area contributed by atoms with E-state index in [0.717, 1.165) is 25.9 Å². The number of likely N-dealkylation sites (N-methyl/N-ethyl adjacent to an activating group) is 1. The van der Waals surface area contributed by atoms with Crippen LogP contribution in [0.4, 0.5) is 0 Å². The number of hydrogen-bond donors (Lipinski definition) is 1. The average molecular weight is 201 g/mol. The molecule has 0 spiro atoms. The molecule has 0 aliphatic rings. The highest BCUT2D eigenvalue weighted by atomic mass is 16.4. The highest BCUT2D eigenvalue weighted by molar-refractivity contribution is 5.73. The van der Waals surface area contributed by atoms with Gasteiger partial charge in [0.25, 0.3) is 0 Å². The van der Waals surface area contributed by atoms with E-state index in [-0.39, 0.29) is 12.0 Å². The van der Waals surface area contributed by atoms with Crippen molar-refractivity contribution in [2.75, 3.05) is 13.1 Å². The zero-order chi connectivity index (χ0) is 11.1. The van der Waals surface area contributed by atoms with Crippen LogP contribution in [0.3, 0.4) is 0 Å². The zero-order valence-corrected chi connectivity index (χ0v) is 9.79. The summed E-state index contributed by atoms with van der Waals surface area (Å²) in [5.74, 6) is -0.408. The van der Waals surface area contributed by atoms with Crippen molar-refractivity contribution < 1.29 is 9.90 Å². The molecule has 0 aromatic rings. The SMILES string of the molecule is CCC(CC)C(C(=O)O)N(CC)CC. The fraction of sp³-hybridized carbons (Fsp3) is 0.909. The van der Waals surface area contributed by atoms with Gasteiger partial charge in [0, 0.05) is 0 Å². The highest BCUT2D eigenvalue weighted by Crippen LogP contribution is 2.18. The van der Waals surface area contributed by atoms with Crippen molar-refractivity contribution in [3.8, 4) is 0 Å². The molecule has 3 nitrogen and oxygen atoms in total. The molecule has 1 atom stereocenters. The Labute approximate surface area is 87.1 Å². The lowest BCUT2D eigenvalue weighted by Crippen LogP contribution is -2.45. The molecule has 0 amide bonds. The van der Waals surface area contributed by atoms with Crippen LogP contribution in [0, 0.1) is 5.92 Å². The van der Waals surface area contributed by atoms with Crippen LogP contribution in [0.1, 0.15) is 40.5 Å². The number of hydrogen-bond acceptors (Lipinski definition) is 2. The van der Waals surface area contributed by atoms with Crippen LogP contribution in [0.2, 0.25) is 0 Å². The summed E-state index contributed by atoms with van der Waals surface area (Å²) >= 11 is 0. The van der Waals surface area contributed by atoms with Crippen molar-refractivity contribution in [2.24, 2.45) is 5.92 Å². The number of carboxylic acid groups (broad SMARTS) is 1. The molecule has 0 aromatic heterocycles. The Bertz CT molecular complexity index is 151. The van der Waals surface area contributed by atoms with Crippen LogP contribution < -0.4 is 0 Å². The third-order valence-electron chi connectivity index (χ3n) is 2.95. The topological polar surface area (TPSA) is 40.5 Å². The molecule has 0 rings (SSSR count). The minimum atomic E-state index is -0.678. The molecule has 3 heteroatoms. The van der Waals surface area contributed by atoms with Gasteiger partial charge in [0.05, 0.1) is 0 Å². The van der Waals surface area contributed by atoms with E-state index in [4.69, 9.17) is 0 Å². The van der Waals surface area contributed by atoms with Crippen LogP contribution in [-0.4, -0.2) is 35.1 Å². The Balaban J connectivity index is 4.62. The summed E-state index contributed by atoms with van der Waals surface area (Å²) in [7, 11) is 0. The van der Waals surface area contributed by atoms with E-state index in [1.807, 2.05) is 18.7 Å². The summed E-state index contributed by atoms with van der Waals surface area (Å²) in [4.78, 5) is 13.2. The second-order valence-corrected chi connectivity index (χ2v) is 3.58. The van der Waals surface area contributed by atoms with E-state index in [0.29, 0.717) is 0 Å². The van der Waals surface area contributed by atoms with Gasteiger partial charge in [-0.05, 0) is 19.0 Å². The molecule has 0 heterocycles. The summed E-state index contributed by atoms with van der Waals surface area (Å²) < 4.78 is 0. The summed E-state index contributed by atoms with van der Waals surface area (Å²) in [5, 5.41) is 9.20. The Morgan fingerprint density at radius 2 is 1.57 bits per heavy atom. The van der Waals surface area contributed by atoms with E-state index in [1.165, 1.54) is 0 Å². The van der Waals surface area contributed by atoms with Gasteiger partial charge in [0.1, 0.15) is 6.04 Å². The second kappa shape index (κ2) is 6.82. The van der Waals surface area contributed by atoms with Gasteiger partial charge in [-0.1, -0.05) is 40.5 Å². The van der Waals surface area contributed by atoms with Crippen LogP contribution in [-0.2, 0) is 4.79 Å². The van der Waals surface area contributed by atoms with Gasteiger partial charge in [-0.3, -0.25) is 9.69 Å². The first-order valence-corrected chi connectivity index (χ1v) is 5.59. The molecular formula is C11H23NO2. The third-order valence-corrected chi connectivity index (χ3v) is 2.95. The maximum atomic E-state index is 11.2. The predicted octanol–water partition coefficient (Wildman–Crippen LogP) is 2.22. The Kier molecular flexibility index (Phi) is 6.54. The second-order valence-electron chi connectivity index (χ2n) is 3.58. The lowest BCUT2D eigenvalue weighted by atomic mass is 9.93. The molecule has 1 N–H and O–H groups in total. The first kappa shape index (κ1) is 13.4.